The number of benzene rings is 1. The molecule has 0 aliphatic carbocycles. The van der Waals surface area contributed by atoms with Crippen molar-refractivity contribution >= 4 is 33.3 Å². The molecule has 1 N–H and O–H groups in total. The SMILES string of the molecule is CC(O)=[SH]c1ccccc1Cn1nnc2c(N3CCC(F)(F)C3)cc(C(C)(C)C)nc21. The van der Waals surface area contributed by atoms with Gasteiger partial charge in [-0.3, -0.25) is 0 Å². The normalized spacial score (nSPS) is 17.3. The molecule has 0 unspecified atom stereocenters. The molecule has 9 heteroatoms. The van der Waals surface area contributed by atoms with Gasteiger partial charge in [-0.15, -0.1) is 16.4 Å². The summed E-state index contributed by atoms with van der Waals surface area (Å²) in [5.74, 6) is -2.70. The van der Waals surface area contributed by atoms with Crippen LogP contribution in [0.1, 0.15) is 45.4 Å². The summed E-state index contributed by atoms with van der Waals surface area (Å²) in [6.07, 6.45) is -0.167. The molecule has 0 radical (unpaired) electrons. The van der Waals surface area contributed by atoms with Gasteiger partial charge >= 0.3 is 0 Å². The lowest BCUT2D eigenvalue weighted by Gasteiger charge is -2.23. The molecule has 0 spiro atoms. The third-order valence-corrected chi connectivity index (χ3v) is 6.32. The quantitative estimate of drug-likeness (QED) is 0.454. The Morgan fingerprint density at radius 2 is 2.00 bits per heavy atom. The van der Waals surface area contributed by atoms with Crippen molar-refractivity contribution in [3.05, 3.63) is 41.6 Å². The number of anilines is 1. The zero-order valence-corrected chi connectivity index (χ0v) is 19.0. The Morgan fingerprint density at radius 3 is 2.65 bits per heavy atom. The highest BCUT2D eigenvalue weighted by atomic mass is 32.1. The number of nitrogens with zero attached hydrogens (tertiary/aromatic N) is 5. The number of aliphatic hydroxyl groups is 1. The van der Waals surface area contributed by atoms with Crippen molar-refractivity contribution in [1.29, 1.82) is 0 Å². The van der Waals surface area contributed by atoms with Crippen molar-refractivity contribution < 1.29 is 13.9 Å². The maximum atomic E-state index is 13.9. The van der Waals surface area contributed by atoms with Gasteiger partial charge in [0.2, 0.25) is 0 Å². The molecule has 6 nitrogen and oxygen atoms in total. The first kappa shape index (κ1) is 21.8. The minimum absolute atomic E-state index is 0.167. The van der Waals surface area contributed by atoms with Crippen LogP contribution in [-0.4, -0.2) is 49.1 Å². The van der Waals surface area contributed by atoms with Gasteiger partial charge in [0.1, 0.15) is 0 Å². The van der Waals surface area contributed by atoms with Gasteiger partial charge in [0.25, 0.3) is 5.92 Å². The lowest BCUT2D eigenvalue weighted by molar-refractivity contribution is 0.0257. The van der Waals surface area contributed by atoms with E-state index in [0.29, 0.717) is 28.4 Å². The number of fused-ring (bicyclic) bond motifs is 1. The summed E-state index contributed by atoms with van der Waals surface area (Å²) in [5, 5.41) is 18.7. The predicted molar refractivity (Wildman–Crippen MR) is 122 cm³/mol. The van der Waals surface area contributed by atoms with Crippen molar-refractivity contribution in [2.24, 2.45) is 0 Å². The molecular weight excluding hydrogens is 420 g/mol. The molecule has 166 valence electrons. The van der Waals surface area contributed by atoms with Gasteiger partial charge in [-0.2, -0.15) is 0 Å². The summed E-state index contributed by atoms with van der Waals surface area (Å²) in [7, 11) is 0. The predicted octanol–water partition coefficient (Wildman–Crippen LogP) is 4.55. The molecule has 0 amide bonds. The number of rotatable bonds is 4. The van der Waals surface area contributed by atoms with Crippen molar-refractivity contribution in [2.75, 3.05) is 18.0 Å². The van der Waals surface area contributed by atoms with Gasteiger partial charge in [0, 0.05) is 23.3 Å². The van der Waals surface area contributed by atoms with Crippen LogP contribution in [0.15, 0.2) is 35.2 Å². The standard InChI is InChI=1S/C22H27F2N5OS/c1-14(30)31-17-8-6-5-7-15(17)12-29-20-19(26-27-29)16(11-18(25-20)21(2,3)4)28-10-9-22(23,24)13-28/h5-8,11,30-31H,9-10,12-13H2,1-4H3. The maximum Gasteiger partial charge on any atom is 0.266 e. The fourth-order valence-electron chi connectivity index (χ4n) is 3.69. The highest BCUT2D eigenvalue weighted by molar-refractivity contribution is 7.98. The average molecular weight is 448 g/mol. The number of alkyl halides is 2. The van der Waals surface area contributed by atoms with E-state index in [9.17, 15) is 13.9 Å². The van der Waals surface area contributed by atoms with E-state index >= 15 is 0 Å². The fourth-order valence-corrected chi connectivity index (χ4v) is 4.49. The third-order valence-electron chi connectivity index (χ3n) is 5.32. The van der Waals surface area contributed by atoms with Gasteiger partial charge in [-0.25, -0.2) is 18.4 Å². The van der Waals surface area contributed by atoms with Crippen LogP contribution < -0.4 is 4.90 Å². The first-order valence-corrected chi connectivity index (χ1v) is 11.1. The van der Waals surface area contributed by atoms with E-state index in [2.05, 4.69) is 10.3 Å². The molecule has 1 fully saturated rings. The number of halogens is 2. The number of hydrogen-bond donors (Lipinski definition) is 2. The van der Waals surface area contributed by atoms with E-state index in [1.54, 1.807) is 16.5 Å². The monoisotopic (exact) mass is 447 g/mol. The van der Waals surface area contributed by atoms with Crippen LogP contribution in [0, 0.1) is 0 Å². The molecule has 4 rings (SSSR count). The topological polar surface area (TPSA) is 67.1 Å². The number of thiol groups is 1. The first-order valence-electron chi connectivity index (χ1n) is 10.2. The van der Waals surface area contributed by atoms with Crippen molar-refractivity contribution in [2.45, 2.75) is 56.9 Å². The molecule has 3 heterocycles. The Balaban J connectivity index is 1.82. The van der Waals surface area contributed by atoms with E-state index in [0.717, 1.165) is 27.5 Å². The minimum Gasteiger partial charge on any atom is -0.363 e. The largest absolute Gasteiger partial charge is 0.363 e. The van der Waals surface area contributed by atoms with Crippen LogP contribution in [0.3, 0.4) is 0 Å². The highest BCUT2D eigenvalue weighted by Gasteiger charge is 2.39. The van der Waals surface area contributed by atoms with Gasteiger partial charge < -0.3 is 10.0 Å². The molecule has 1 aromatic carbocycles. The van der Waals surface area contributed by atoms with Crippen LogP contribution in [0.2, 0.25) is 0 Å². The lowest BCUT2D eigenvalue weighted by Crippen LogP contribution is -2.26. The highest BCUT2D eigenvalue weighted by Crippen LogP contribution is 2.36. The summed E-state index contributed by atoms with van der Waals surface area (Å²) < 4.78 is 29.6. The summed E-state index contributed by atoms with van der Waals surface area (Å²) in [4.78, 5) is 7.49. The second kappa shape index (κ2) is 7.94. The summed E-state index contributed by atoms with van der Waals surface area (Å²) in [5.41, 5.74) is 3.30. The van der Waals surface area contributed by atoms with E-state index < -0.39 is 5.92 Å². The molecule has 0 atom stereocenters. The van der Waals surface area contributed by atoms with Gasteiger partial charge in [-0.1, -0.05) is 44.2 Å². The Hall–Kier alpha value is -2.39. The zero-order chi connectivity index (χ0) is 22.4. The van der Waals surface area contributed by atoms with Crippen LogP contribution in [-0.2, 0) is 12.0 Å². The van der Waals surface area contributed by atoms with E-state index in [1.165, 1.54) is 0 Å². The number of aliphatic hydroxyl groups excluding tert-OH is 1. The second-order valence-corrected chi connectivity index (χ2v) is 10.4. The van der Waals surface area contributed by atoms with Crippen LogP contribution in [0.4, 0.5) is 14.5 Å². The van der Waals surface area contributed by atoms with Crippen LogP contribution in [0.25, 0.3) is 11.2 Å². The molecule has 1 aliphatic heterocycles. The lowest BCUT2D eigenvalue weighted by atomic mass is 9.91. The first-order chi connectivity index (χ1) is 14.5. The van der Waals surface area contributed by atoms with Gasteiger partial charge in [0.05, 0.1) is 29.5 Å². The Morgan fingerprint density at radius 1 is 1.26 bits per heavy atom. The molecule has 0 bridgehead atoms. The molecule has 3 aromatic rings. The molecule has 1 saturated heterocycles. The summed E-state index contributed by atoms with van der Waals surface area (Å²) in [6, 6.07) is 9.68. The maximum absolute atomic E-state index is 13.9. The zero-order valence-electron chi connectivity index (χ0n) is 18.1. The summed E-state index contributed by atoms with van der Waals surface area (Å²) >= 11 is 0.731. The van der Waals surface area contributed by atoms with E-state index in [-0.39, 0.29) is 24.9 Å². The van der Waals surface area contributed by atoms with Gasteiger partial charge in [-0.05, 0) is 24.6 Å². The molecule has 31 heavy (non-hydrogen) atoms. The number of aromatic nitrogens is 4. The molecule has 2 aromatic heterocycles. The van der Waals surface area contributed by atoms with Crippen molar-refractivity contribution in [3.8, 4) is 0 Å². The Bertz CT molecular complexity index is 1150. The third kappa shape index (κ3) is 4.62. The Kier molecular flexibility index (Phi) is 5.59. The number of pyridine rings is 1. The smallest absolute Gasteiger partial charge is 0.266 e. The molecule has 1 aliphatic rings. The van der Waals surface area contributed by atoms with E-state index in [1.807, 2.05) is 51.1 Å². The number of hydrogen-bond acceptors (Lipinski definition) is 4. The van der Waals surface area contributed by atoms with Crippen molar-refractivity contribution in [1.82, 2.24) is 20.0 Å². The fraction of sp³-hybridized carbons (Fsp3) is 0.455. The minimum atomic E-state index is -2.70. The summed E-state index contributed by atoms with van der Waals surface area (Å²) in [6.45, 7) is 8.18. The van der Waals surface area contributed by atoms with Crippen molar-refractivity contribution in [3.63, 3.8) is 0 Å². The second-order valence-electron chi connectivity index (χ2n) is 9.01. The molecular formula is C22H27F2N5OS. The molecule has 0 saturated carbocycles. The van der Waals surface area contributed by atoms with Crippen LogP contribution >= 0.6 is 11.4 Å². The van der Waals surface area contributed by atoms with Crippen LogP contribution in [0.5, 0.6) is 0 Å². The van der Waals surface area contributed by atoms with Gasteiger partial charge in [0.15, 0.2) is 11.2 Å². The Labute approximate surface area is 183 Å². The van der Waals surface area contributed by atoms with E-state index in [4.69, 9.17) is 4.98 Å². The average Bonchev–Trinajstić information content (AvgIpc) is 3.24.